The molecule has 0 bridgehead atoms. The molecule has 3 unspecified atom stereocenters. The van der Waals surface area contributed by atoms with Crippen molar-refractivity contribution < 1.29 is 0 Å². The summed E-state index contributed by atoms with van der Waals surface area (Å²) >= 11 is 0. The van der Waals surface area contributed by atoms with Gasteiger partial charge in [0.05, 0.1) is 17.2 Å². The number of nitrogens with zero attached hydrogens (tertiary/aromatic N) is 2. The Morgan fingerprint density at radius 2 is 1.22 bits per heavy atom. The molecule has 0 fully saturated rings. The summed E-state index contributed by atoms with van der Waals surface area (Å²) in [4.78, 5) is 5.25. The number of aliphatic imine (C=N–C) groups is 1. The third-order valence-electron chi connectivity index (χ3n) is 10.7. The van der Waals surface area contributed by atoms with Crippen molar-refractivity contribution in [3.8, 4) is 17.2 Å². The number of hydrogen-bond donors (Lipinski definition) is 1. The zero-order valence-electron chi connectivity index (χ0n) is 28.0. The predicted molar refractivity (Wildman–Crippen MR) is 207 cm³/mol. The second kappa shape index (κ2) is 12.8. The summed E-state index contributed by atoms with van der Waals surface area (Å²) in [5, 5.41) is 13.7. The second-order valence-corrected chi connectivity index (χ2v) is 13.5. The second-order valence-electron chi connectivity index (χ2n) is 13.5. The largest absolute Gasteiger partial charge is 0.360 e. The van der Waals surface area contributed by atoms with Gasteiger partial charge in [0.2, 0.25) is 0 Å². The molecule has 0 saturated heterocycles. The highest BCUT2D eigenvalue weighted by atomic mass is 15.1. The van der Waals surface area contributed by atoms with Crippen LogP contribution in [0.25, 0.3) is 16.8 Å². The van der Waals surface area contributed by atoms with E-state index in [0.29, 0.717) is 5.57 Å². The highest BCUT2D eigenvalue weighted by molar-refractivity contribution is 6.13. The minimum Gasteiger partial charge on any atom is -0.360 e. The maximum atomic E-state index is 10.0. The van der Waals surface area contributed by atoms with Crippen LogP contribution in [0.15, 0.2) is 199 Å². The van der Waals surface area contributed by atoms with Crippen LogP contribution in [0, 0.1) is 17.2 Å². The van der Waals surface area contributed by atoms with Gasteiger partial charge in [-0.2, -0.15) is 5.26 Å². The van der Waals surface area contributed by atoms with Crippen molar-refractivity contribution in [2.75, 3.05) is 0 Å². The minimum absolute atomic E-state index is 0.0547. The van der Waals surface area contributed by atoms with E-state index >= 15 is 0 Å². The van der Waals surface area contributed by atoms with E-state index in [1.807, 2.05) is 18.2 Å². The summed E-state index contributed by atoms with van der Waals surface area (Å²) in [6, 6.07) is 60.8. The summed E-state index contributed by atoms with van der Waals surface area (Å²) in [6.07, 6.45) is 8.41. The highest BCUT2D eigenvalue weighted by Crippen LogP contribution is 2.60. The minimum atomic E-state index is -0.474. The molecular weight excluding hydrogens is 619 g/mol. The van der Waals surface area contributed by atoms with Gasteiger partial charge in [-0.1, -0.05) is 164 Å². The third-order valence-corrected chi connectivity index (χ3v) is 10.7. The standard InChI is InChI=1S/C48H35N3/c49-32-33-24-26-41-42-27-25-37(30-44(42)48(43(41)28-33,39-20-9-3-10-21-39)40-22-11-4-12-23-40)36-18-13-19-38(29-36)46-31-45(34-14-5-1-6-15-34)50-47(51-46)35-16-7-2-8-17-35/h1-31,41,43,47,50H. The van der Waals surface area contributed by atoms with E-state index in [1.165, 1.54) is 22.3 Å². The Morgan fingerprint density at radius 3 is 1.90 bits per heavy atom. The molecule has 2 aliphatic carbocycles. The van der Waals surface area contributed by atoms with Gasteiger partial charge >= 0.3 is 0 Å². The molecule has 1 aliphatic heterocycles. The SMILES string of the molecule is N#CC1=CC2C(C=C1)c1ccc(-c3cccc(C4=NC(c5ccccc5)NC(c5ccccc5)=C4)c3)cc1C2(c1ccccc1)c1ccccc1. The first kappa shape index (κ1) is 30.6. The summed E-state index contributed by atoms with van der Waals surface area (Å²) < 4.78 is 0. The Bertz CT molecular complexity index is 2360. The highest BCUT2D eigenvalue weighted by Gasteiger charge is 2.53. The molecule has 6 aromatic rings. The van der Waals surface area contributed by atoms with E-state index in [1.54, 1.807) is 0 Å². The van der Waals surface area contributed by atoms with Crippen LogP contribution in [-0.2, 0) is 5.41 Å². The van der Waals surface area contributed by atoms with Gasteiger partial charge in [0, 0.05) is 28.7 Å². The van der Waals surface area contributed by atoms with E-state index in [0.717, 1.165) is 39.2 Å². The lowest BCUT2D eigenvalue weighted by Crippen LogP contribution is -2.35. The molecule has 9 rings (SSSR count). The number of benzene rings is 6. The Kier molecular flexibility index (Phi) is 7.64. The fraction of sp³-hybridized carbons (Fsp3) is 0.0833. The molecule has 3 atom stereocenters. The predicted octanol–water partition coefficient (Wildman–Crippen LogP) is 10.6. The maximum Gasteiger partial charge on any atom is 0.145 e. The number of allylic oxidation sites excluding steroid dienone is 5. The number of fused-ring (bicyclic) bond motifs is 3. The van der Waals surface area contributed by atoms with Crippen LogP contribution in [0.5, 0.6) is 0 Å². The van der Waals surface area contributed by atoms with Gasteiger partial charge in [-0.05, 0) is 68.8 Å². The topological polar surface area (TPSA) is 48.2 Å². The van der Waals surface area contributed by atoms with E-state index in [9.17, 15) is 5.26 Å². The van der Waals surface area contributed by atoms with Crippen molar-refractivity contribution in [2.24, 2.45) is 10.9 Å². The lowest BCUT2D eigenvalue weighted by atomic mass is 9.62. The lowest BCUT2D eigenvalue weighted by Gasteiger charge is -2.39. The van der Waals surface area contributed by atoms with Crippen LogP contribution in [-0.4, -0.2) is 5.71 Å². The average molecular weight is 654 g/mol. The fourth-order valence-electron chi connectivity index (χ4n) is 8.39. The van der Waals surface area contributed by atoms with E-state index in [4.69, 9.17) is 4.99 Å². The van der Waals surface area contributed by atoms with Crippen molar-refractivity contribution in [1.29, 1.82) is 5.26 Å². The Labute approximate surface area is 299 Å². The van der Waals surface area contributed by atoms with Gasteiger partial charge in [-0.15, -0.1) is 0 Å². The molecule has 3 nitrogen and oxygen atoms in total. The summed E-state index contributed by atoms with van der Waals surface area (Å²) in [6.45, 7) is 0. The number of hydrogen-bond acceptors (Lipinski definition) is 3. The molecule has 1 N–H and O–H groups in total. The number of nitriles is 1. The molecular formula is C48H35N3. The van der Waals surface area contributed by atoms with Crippen LogP contribution < -0.4 is 5.32 Å². The van der Waals surface area contributed by atoms with Crippen LogP contribution in [0.4, 0.5) is 0 Å². The Hall–Kier alpha value is -6.50. The van der Waals surface area contributed by atoms with Gasteiger partial charge in [0.15, 0.2) is 0 Å². The first-order valence-electron chi connectivity index (χ1n) is 17.6. The molecule has 6 aromatic carbocycles. The molecule has 0 radical (unpaired) electrons. The van der Waals surface area contributed by atoms with E-state index < -0.39 is 5.41 Å². The van der Waals surface area contributed by atoms with Crippen molar-refractivity contribution in [1.82, 2.24) is 5.32 Å². The Morgan fingerprint density at radius 1 is 0.608 bits per heavy atom. The van der Waals surface area contributed by atoms with Crippen molar-refractivity contribution >= 4 is 11.4 Å². The molecule has 0 amide bonds. The molecule has 0 aromatic heterocycles. The van der Waals surface area contributed by atoms with Crippen LogP contribution in [0.3, 0.4) is 0 Å². The van der Waals surface area contributed by atoms with Gasteiger partial charge < -0.3 is 5.32 Å². The van der Waals surface area contributed by atoms with Gasteiger partial charge in [-0.25, -0.2) is 0 Å². The Balaban J connectivity index is 1.20. The molecule has 51 heavy (non-hydrogen) atoms. The summed E-state index contributed by atoms with van der Waals surface area (Å²) in [5.74, 6) is 0.206. The average Bonchev–Trinajstić information content (AvgIpc) is 3.51. The first-order chi connectivity index (χ1) is 25.2. The first-order valence-corrected chi connectivity index (χ1v) is 17.6. The molecule has 0 saturated carbocycles. The van der Waals surface area contributed by atoms with E-state index in [2.05, 4.69) is 181 Å². The molecule has 1 heterocycles. The van der Waals surface area contributed by atoms with Gasteiger partial charge in [-0.3, -0.25) is 4.99 Å². The molecule has 0 spiro atoms. The van der Waals surface area contributed by atoms with Crippen molar-refractivity contribution in [3.63, 3.8) is 0 Å². The number of rotatable bonds is 6. The molecule has 242 valence electrons. The van der Waals surface area contributed by atoms with Crippen LogP contribution in [0.2, 0.25) is 0 Å². The monoisotopic (exact) mass is 653 g/mol. The third kappa shape index (κ3) is 5.25. The van der Waals surface area contributed by atoms with Crippen LogP contribution >= 0.6 is 0 Å². The van der Waals surface area contributed by atoms with Crippen molar-refractivity contribution in [3.05, 3.63) is 233 Å². The number of nitrogens with one attached hydrogen (secondary N) is 1. The smallest absolute Gasteiger partial charge is 0.145 e. The zero-order chi connectivity index (χ0) is 34.2. The van der Waals surface area contributed by atoms with Crippen molar-refractivity contribution in [2.45, 2.75) is 17.5 Å². The van der Waals surface area contributed by atoms with Gasteiger partial charge in [0.1, 0.15) is 6.17 Å². The fourth-order valence-corrected chi connectivity index (χ4v) is 8.39. The van der Waals surface area contributed by atoms with Crippen LogP contribution in [0.1, 0.15) is 51.0 Å². The normalized spacial score (nSPS) is 19.7. The van der Waals surface area contributed by atoms with E-state index in [-0.39, 0.29) is 18.0 Å². The zero-order valence-corrected chi connectivity index (χ0v) is 28.0. The quantitative estimate of drug-likeness (QED) is 0.194. The summed E-state index contributed by atoms with van der Waals surface area (Å²) in [5.41, 5.74) is 12.9. The molecule has 3 heteroatoms. The van der Waals surface area contributed by atoms with Gasteiger partial charge in [0.25, 0.3) is 0 Å². The summed E-state index contributed by atoms with van der Waals surface area (Å²) in [7, 11) is 0. The maximum absolute atomic E-state index is 10.0. The molecule has 3 aliphatic rings. The lowest BCUT2D eigenvalue weighted by molar-refractivity contribution is 0.455.